The Morgan fingerprint density at radius 3 is 2.58 bits per heavy atom. The Kier molecular flexibility index (Phi) is 6.29. The fraction of sp³-hybridized carbons (Fsp3) is 0.304. The van der Waals surface area contributed by atoms with Crippen molar-refractivity contribution in [3.05, 3.63) is 52.8 Å². The van der Waals surface area contributed by atoms with Crippen LogP contribution in [0.15, 0.2) is 34.9 Å². The fourth-order valence-electron chi connectivity index (χ4n) is 4.01. The van der Waals surface area contributed by atoms with Gasteiger partial charge in [0.2, 0.25) is 5.76 Å². The molecule has 0 saturated heterocycles. The van der Waals surface area contributed by atoms with Crippen LogP contribution in [0.2, 0.25) is 0 Å². The lowest BCUT2D eigenvalue weighted by Gasteiger charge is -2.25. The average molecular weight is 444 g/mol. The summed E-state index contributed by atoms with van der Waals surface area (Å²) < 4.78 is 5.31. The van der Waals surface area contributed by atoms with Crippen molar-refractivity contribution in [2.45, 2.75) is 32.7 Å². The maximum atomic E-state index is 12.1. The third-order valence-corrected chi connectivity index (χ3v) is 5.64. The number of nitrogens with two attached hydrogens (primary N) is 1. The monoisotopic (exact) mass is 443 g/mol. The molecule has 0 atom stereocenters. The zero-order chi connectivity index (χ0) is 21.6. The summed E-state index contributed by atoms with van der Waals surface area (Å²) in [5, 5.41) is 24.8. The van der Waals surface area contributed by atoms with Crippen LogP contribution < -0.4 is 5.73 Å². The van der Waals surface area contributed by atoms with Gasteiger partial charge < -0.3 is 25.4 Å². The molecule has 0 radical (unpaired) electrons. The summed E-state index contributed by atoms with van der Waals surface area (Å²) in [6.45, 7) is 5.70. The number of phenols is 2. The molecule has 7 nitrogen and oxygen atoms in total. The van der Waals surface area contributed by atoms with Crippen LogP contribution in [0.4, 0.5) is 0 Å². The Labute approximate surface area is 186 Å². The van der Waals surface area contributed by atoms with Gasteiger partial charge >= 0.3 is 0 Å². The van der Waals surface area contributed by atoms with E-state index in [0.717, 1.165) is 25.1 Å². The summed E-state index contributed by atoms with van der Waals surface area (Å²) >= 11 is 0. The molecule has 4 N–H and O–H groups in total. The van der Waals surface area contributed by atoms with Crippen molar-refractivity contribution in [3.63, 3.8) is 0 Å². The van der Waals surface area contributed by atoms with E-state index >= 15 is 0 Å². The summed E-state index contributed by atoms with van der Waals surface area (Å²) in [4.78, 5) is 14.3. The number of carbonyl (C=O) groups excluding carboxylic acids is 1. The maximum Gasteiger partial charge on any atom is 0.288 e. The van der Waals surface area contributed by atoms with Crippen LogP contribution in [0.5, 0.6) is 11.5 Å². The molecule has 2 aromatic carbocycles. The van der Waals surface area contributed by atoms with Crippen molar-refractivity contribution in [3.8, 4) is 33.9 Å². The van der Waals surface area contributed by atoms with E-state index in [2.05, 4.69) is 17.1 Å². The summed E-state index contributed by atoms with van der Waals surface area (Å²) in [5.41, 5.74) is 10.5. The van der Waals surface area contributed by atoms with Gasteiger partial charge in [0.1, 0.15) is 17.2 Å². The standard InChI is InChI=1S/C23H25N3O4.ClH/c1-12(2)16-9-17(19(28)10-18(16)27)21-20(22(23(24)29)30-25-21)14-4-5-15-11-26(3)7-6-13(15)8-14;/h4-5,8-10,12,27-28H,6-7,11H2,1-3H3,(H2,24,29);1H. The van der Waals surface area contributed by atoms with E-state index in [1.54, 1.807) is 6.07 Å². The van der Waals surface area contributed by atoms with Crippen molar-refractivity contribution in [2.24, 2.45) is 5.73 Å². The molecule has 1 amide bonds. The third kappa shape index (κ3) is 4.11. The second kappa shape index (κ2) is 8.61. The summed E-state index contributed by atoms with van der Waals surface area (Å²) in [7, 11) is 2.08. The number of benzene rings is 2. The van der Waals surface area contributed by atoms with Crippen LogP contribution in [-0.2, 0) is 13.0 Å². The minimum absolute atomic E-state index is 0. The minimum atomic E-state index is -0.733. The second-order valence-electron chi connectivity index (χ2n) is 8.15. The van der Waals surface area contributed by atoms with Crippen LogP contribution in [-0.4, -0.2) is 39.8 Å². The molecule has 2 heterocycles. The molecule has 0 saturated carbocycles. The Bertz CT molecular complexity index is 1140. The van der Waals surface area contributed by atoms with E-state index in [4.69, 9.17) is 10.3 Å². The third-order valence-electron chi connectivity index (χ3n) is 5.64. The zero-order valence-electron chi connectivity index (χ0n) is 17.7. The molecule has 0 aliphatic carbocycles. The first-order chi connectivity index (χ1) is 14.3. The normalized spacial score (nSPS) is 13.7. The number of phenolic OH excluding ortho intramolecular Hbond substituents is 2. The van der Waals surface area contributed by atoms with Gasteiger partial charge in [-0.2, -0.15) is 0 Å². The Hall–Kier alpha value is -3.03. The Morgan fingerprint density at radius 2 is 1.90 bits per heavy atom. The molecule has 0 spiro atoms. The SMILES string of the molecule is CC(C)c1cc(-c2noc(C(N)=O)c2-c2ccc3c(c2)CCN(C)C3)c(O)cc1O.Cl. The molecule has 3 aromatic rings. The fourth-order valence-corrected chi connectivity index (χ4v) is 4.01. The topological polar surface area (TPSA) is 113 Å². The van der Waals surface area contributed by atoms with Gasteiger partial charge in [0.15, 0.2) is 0 Å². The molecule has 4 rings (SSSR count). The van der Waals surface area contributed by atoms with Crippen LogP contribution in [0, 0.1) is 0 Å². The number of hydrogen-bond acceptors (Lipinski definition) is 6. The number of primary amides is 1. The molecule has 164 valence electrons. The number of carbonyl (C=O) groups is 1. The second-order valence-corrected chi connectivity index (χ2v) is 8.15. The number of hydrogen-bond donors (Lipinski definition) is 3. The van der Waals surface area contributed by atoms with E-state index < -0.39 is 5.91 Å². The quantitative estimate of drug-likeness (QED) is 0.560. The minimum Gasteiger partial charge on any atom is -0.508 e. The Balaban J connectivity index is 0.00000272. The van der Waals surface area contributed by atoms with Crippen LogP contribution >= 0.6 is 12.4 Å². The number of aromatic nitrogens is 1. The Morgan fingerprint density at radius 1 is 1.16 bits per heavy atom. The lowest BCUT2D eigenvalue weighted by Crippen LogP contribution is -2.26. The molecule has 1 aromatic heterocycles. The van der Waals surface area contributed by atoms with Crippen LogP contribution in [0.1, 0.15) is 47.0 Å². The maximum absolute atomic E-state index is 12.1. The smallest absolute Gasteiger partial charge is 0.288 e. The van der Waals surface area contributed by atoms with Crippen molar-refractivity contribution < 1.29 is 19.5 Å². The number of fused-ring (bicyclic) bond motifs is 1. The van der Waals surface area contributed by atoms with E-state index in [9.17, 15) is 15.0 Å². The highest BCUT2D eigenvalue weighted by atomic mass is 35.5. The largest absolute Gasteiger partial charge is 0.508 e. The van der Waals surface area contributed by atoms with Gasteiger partial charge in [-0.15, -0.1) is 12.4 Å². The van der Waals surface area contributed by atoms with Gasteiger partial charge in [0, 0.05) is 24.7 Å². The van der Waals surface area contributed by atoms with E-state index in [0.29, 0.717) is 22.4 Å². The highest BCUT2D eigenvalue weighted by molar-refractivity contribution is 6.01. The molecular formula is C23H26ClN3O4. The molecule has 31 heavy (non-hydrogen) atoms. The molecule has 8 heteroatoms. The molecule has 0 fully saturated rings. The molecular weight excluding hydrogens is 418 g/mol. The van der Waals surface area contributed by atoms with E-state index in [-0.39, 0.29) is 35.6 Å². The van der Waals surface area contributed by atoms with Crippen molar-refractivity contribution in [1.82, 2.24) is 10.1 Å². The number of likely N-dealkylation sites (N-methyl/N-ethyl adjacent to an activating group) is 1. The molecule has 1 aliphatic heterocycles. The lowest BCUT2D eigenvalue weighted by molar-refractivity contribution is 0.0966. The lowest BCUT2D eigenvalue weighted by atomic mass is 9.91. The molecule has 0 bridgehead atoms. The number of rotatable bonds is 4. The average Bonchev–Trinajstić information content (AvgIpc) is 3.12. The first kappa shape index (κ1) is 22.7. The summed E-state index contributed by atoms with van der Waals surface area (Å²) in [6, 6.07) is 8.95. The van der Waals surface area contributed by atoms with Gasteiger partial charge in [-0.05, 0) is 47.7 Å². The molecule has 1 aliphatic rings. The van der Waals surface area contributed by atoms with Crippen molar-refractivity contribution in [1.29, 1.82) is 0 Å². The predicted molar refractivity (Wildman–Crippen MR) is 121 cm³/mol. The van der Waals surface area contributed by atoms with Gasteiger partial charge in [0.05, 0.1) is 5.56 Å². The van der Waals surface area contributed by atoms with Crippen molar-refractivity contribution >= 4 is 18.3 Å². The summed E-state index contributed by atoms with van der Waals surface area (Å²) in [6.07, 6.45) is 0.897. The number of amides is 1. The van der Waals surface area contributed by atoms with Crippen LogP contribution in [0.3, 0.4) is 0 Å². The predicted octanol–water partition coefficient (Wildman–Crippen LogP) is 4.05. The zero-order valence-corrected chi connectivity index (χ0v) is 18.5. The number of halogens is 1. The van der Waals surface area contributed by atoms with Gasteiger partial charge in [-0.3, -0.25) is 4.79 Å². The first-order valence-corrected chi connectivity index (χ1v) is 9.92. The number of aromatic hydroxyl groups is 2. The van der Waals surface area contributed by atoms with E-state index in [1.807, 2.05) is 32.0 Å². The number of nitrogens with zero attached hydrogens (tertiary/aromatic N) is 2. The van der Waals surface area contributed by atoms with Gasteiger partial charge in [0.25, 0.3) is 5.91 Å². The van der Waals surface area contributed by atoms with Gasteiger partial charge in [-0.25, -0.2) is 0 Å². The molecule has 0 unspecified atom stereocenters. The first-order valence-electron chi connectivity index (χ1n) is 9.92. The summed E-state index contributed by atoms with van der Waals surface area (Å²) in [5.74, 6) is -0.914. The van der Waals surface area contributed by atoms with E-state index in [1.165, 1.54) is 17.2 Å². The van der Waals surface area contributed by atoms with Crippen molar-refractivity contribution in [2.75, 3.05) is 13.6 Å². The highest BCUT2D eigenvalue weighted by Crippen LogP contribution is 2.42. The van der Waals surface area contributed by atoms with Gasteiger partial charge in [-0.1, -0.05) is 37.2 Å². The highest BCUT2D eigenvalue weighted by Gasteiger charge is 2.27. The van der Waals surface area contributed by atoms with Crippen LogP contribution in [0.25, 0.3) is 22.4 Å².